The maximum atomic E-state index is 12.0. The van der Waals surface area contributed by atoms with E-state index in [1.54, 1.807) is 0 Å². The molecule has 0 radical (unpaired) electrons. The quantitative estimate of drug-likeness (QED) is 0.834. The molecule has 1 atom stereocenters. The van der Waals surface area contributed by atoms with Crippen LogP contribution in [0.4, 0.5) is 5.82 Å². The lowest BCUT2D eigenvalue weighted by molar-refractivity contribution is 0.0940. The smallest absolute Gasteiger partial charge is 0.273 e. The molecule has 1 aliphatic heterocycles. The molecule has 2 aromatic rings. The topological polar surface area (TPSA) is 98.7 Å². The minimum absolute atomic E-state index is 0.157. The lowest BCUT2D eigenvalue weighted by Crippen LogP contribution is -2.34. The second kappa shape index (κ2) is 5.28. The predicted molar refractivity (Wildman–Crippen MR) is 72.8 cm³/mol. The van der Waals surface area contributed by atoms with Crippen LogP contribution in [0.5, 0.6) is 0 Å². The Balaban J connectivity index is 1.58. The Labute approximate surface area is 116 Å². The van der Waals surface area contributed by atoms with Gasteiger partial charge in [0.15, 0.2) is 11.5 Å². The van der Waals surface area contributed by atoms with E-state index < -0.39 is 0 Å². The van der Waals surface area contributed by atoms with Crippen LogP contribution in [0.3, 0.4) is 0 Å². The third-order valence-corrected chi connectivity index (χ3v) is 3.54. The second-order valence-corrected chi connectivity index (χ2v) is 4.90. The number of carbonyl (C=O) groups is 1. The molecule has 0 aliphatic carbocycles. The molecule has 0 bridgehead atoms. The molecule has 3 N–H and O–H groups in total. The van der Waals surface area contributed by atoms with Crippen LogP contribution >= 0.6 is 0 Å². The molecule has 7 nitrogen and oxygen atoms in total. The molecule has 1 amide bonds. The zero-order valence-corrected chi connectivity index (χ0v) is 11.0. The number of nitrogens with two attached hydrogens (primary N) is 1. The molecule has 0 spiro atoms. The highest BCUT2D eigenvalue weighted by Crippen LogP contribution is 2.18. The van der Waals surface area contributed by atoms with E-state index in [2.05, 4.69) is 24.8 Å². The van der Waals surface area contributed by atoms with Gasteiger partial charge in [-0.25, -0.2) is 15.0 Å². The van der Waals surface area contributed by atoms with Gasteiger partial charge in [0.1, 0.15) is 5.82 Å². The first kappa shape index (κ1) is 12.6. The molecule has 2 aromatic heterocycles. The van der Waals surface area contributed by atoms with E-state index in [-0.39, 0.29) is 17.4 Å². The first-order chi connectivity index (χ1) is 9.74. The van der Waals surface area contributed by atoms with Crippen LogP contribution in [-0.2, 0) is 13.0 Å². The summed E-state index contributed by atoms with van der Waals surface area (Å²) in [6.07, 6.45) is 8.64. The minimum Gasteiger partial charge on any atom is -0.382 e. The van der Waals surface area contributed by atoms with Crippen molar-refractivity contribution in [2.75, 3.05) is 12.3 Å². The number of nitrogens with one attached hydrogen (secondary N) is 1. The summed E-state index contributed by atoms with van der Waals surface area (Å²) in [5.74, 6) is 1.36. The number of aromatic nitrogens is 4. The van der Waals surface area contributed by atoms with E-state index >= 15 is 0 Å². The molecule has 0 saturated carbocycles. The van der Waals surface area contributed by atoms with Crippen LogP contribution in [0, 0.1) is 5.92 Å². The van der Waals surface area contributed by atoms with Gasteiger partial charge in [-0.2, -0.15) is 0 Å². The summed E-state index contributed by atoms with van der Waals surface area (Å²) >= 11 is 0. The van der Waals surface area contributed by atoms with Gasteiger partial charge in [0.25, 0.3) is 5.91 Å². The summed E-state index contributed by atoms with van der Waals surface area (Å²) in [7, 11) is 0. The highest BCUT2D eigenvalue weighted by atomic mass is 16.1. The van der Waals surface area contributed by atoms with Crippen molar-refractivity contribution >= 4 is 11.7 Å². The van der Waals surface area contributed by atoms with Gasteiger partial charge < -0.3 is 15.6 Å². The SMILES string of the molecule is Nc1nccnc1C(=O)NCC1CCn2ccnc2C1. The van der Waals surface area contributed by atoms with Crippen LogP contribution in [0.15, 0.2) is 24.8 Å². The van der Waals surface area contributed by atoms with E-state index in [0.29, 0.717) is 12.5 Å². The van der Waals surface area contributed by atoms with Gasteiger partial charge in [-0.1, -0.05) is 0 Å². The van der Waals surface area contributed by atoms with Crippen molar-refractivity contribution in [1.82, 2.24) is 24.8 Å². The lowest BCUT2D eigenvalue weighted by Gasteiger charge is -2.23. The van der Waals surface area contributed by atoms with Crippen molar-refractivity contribution < 1.29 is 4.79 Å². The average Bonchev–Trinajstić information content (AvgIpc) is 2.92. The Morgan fingerprint density at radius 3 is 3.05 bits per heavy atom. The second-order valence-electron chi connectivity index (χ2n) is 4.90. The van der Waals surface area contributed by atoms with Crippen molar-refractivity contribution in [3.05, 3.63) is 36.3 Å². The van der Waals surface area contributed by atoms with E-state index in [1.165, 1.54) is 12.4 Å². The van der Waals surface area contributed by atoms with Gasteiger partial charge in [0.05, 0.1) is 0 Å². The first-order valence-corrected chi connectivity index (χ1v) is 6.58. The van der Waals surface area contributed by atoms with Crippen LogP contribution in [-0.4, -0.2) is 32.0 Å². The average molecular weight is 272 g/mol. The monoisotopic (exact) mass is 272 g/mol. The highest BCUT2D eigenvalue weighted by molar-refractivity contribution is 5.96. The number of imidazole rings is 1. The number of hydrogen-bond acceptors (Lipinski definition) is 5. The van der Waals surface area contributed by atoms with Gasteiger partial charge in [-0.3, -0.25) is 4.79 Å². The minimum atomic E-state index is -0.274. The molecule has 1 unspecified atom stereocenters. The Bertz CT molecular complexity index is 623. The molecule has 3 heterocycles. The summed E-state index contributed by atoms with van der Waals surface area (Å²) in [6.45, 7) is 1.55. The molecule has 7 heteroatoms. The zero-order chi connectivity index (χ0) is 13.9. The predicted octanol–water partition coefficient (Wildman–Crippen LogP) is 0.248. The lowest BCUT2D eigenvalue weighted by atomic mass is 9.98. The van der Waals surface area contributed by atoms with Crippen LogP contribution in [0.25, 0.3) is 0 Å². The van der Waals surface area contributed by atoms with Crippen molar-refractivity contribution in [3.8, 4) is 0 Å². The molecule has 0 saturated heterocycles. The molecule has 104 valence electrons. The Morgan fingerprint density at radius 1 is 1.35 bits per heavy atom. The Hall–Kier alpha value is -2.44. The van der Waals surface area contributed by atoms with E-state index in [1.807, 2.05) is 12.4 Å². The number of amides is 1. The molecule has 1 aliphatic rings. The molecule has 0 fully saturated rings. The molecule has 20 heavy (non-hydrogen) atoms. The normalized spacial score (nSPS) is 17.5. The van der Waals surface area contributed by atoms with Crippen LogP contribution in [0.2, 0.25) is 0 Å². The first-order valence-electron chi connectivity index (χ1n) is 6.58. The molecular formula is C13H16N6O. The zero-order valence-electron chi connectivity index (χ0n) is 11.0. The number of rotatable bonds is 3. The van der Waals surface area contributed by atoms with E-state index in [9.17, 15) is 4.79 Å². The van der Waals surface area contributed by atoms with Crippen molar-refractivity contribution in [3.63, 3.8) is 0 Å². The Morgan fingerprint density at radius 2 is 2.20 bits per heavy atom. The van der Waals surface area contributed by atoms with Gasteiger partial charge in [0.2, 0.25) is 0 Å². The third-order valence-electron chi connectivity index (χ3n) is 3.54. The molecule has 0 aromatic carbocycles. The maximum Gasteiger partial charge on any atom is 0.273 e. The van der Waals surface area contributed by atoms with Crippen LogP contribution in [0.1, 0.15) is 22.7 Å². The fraction of sp³-hybridized carbons (Fsp3) is 0.385. The van der Waals surface area contributed by atoms with Gasteiger partial charge in [-0.15, -0.1) is 0 Å². The number of carbonyl (C=O) groups excluding carboxylic acids is 1. The Kier molecular flexibility index (Phi) is 3.32. The van der Waals surface area contributed by atoms with E-state index in [0.717, 1.165) is 25.2 Å². The van der Waals surface area contributed by atoms with E-state index in [4.69, 9.17) is 5.73 Å². The fourth-order valence-electron chi connectivity index (χ4n) is 2.43. The summed E-state index contributed by atoms with van der Waals surface area (Å²) in [5, 5.41) is 2.87. The number of anilines is 1. The standard InChI is InChI=1S/C13H16N6O/c14-12-11(16-2-3-17-12)13(20)18-8-9-1-5-19-6-4-15-10(19)7-9/h2-4,6,9H,1,5,7-8H2,(H2,14,17)(H,18,20). The fourth-order valence-corrected chi connectivity index (χ4v) is 2.43. The summed E-state index contributed by atoms with van der Waals surface area (Å²) < 4.78 is 2.15. The number of nitrogen functional groups attached to an aromatic ring is 1. The summed E-state index contributed by atoms with van der Waals surface area (Å²) in [4.78, 5) is 24.1. The summed E-state index contributed by atoms with van der Waals surface area (Å²) in [5.41, 5.74) is 5.82. The largest absolute Gasteiger partial charge is 0.382 e. The van der Waals surface area contributed by atoms with Crippen molar-refractivity contribution in [1.29, 1.82) is 0 Å². The molecule has 3 rings (SSSR count). The van der Waals surface area contributed by atoms with Crippen LogP contribution < -0.4 is 11.1 Å². The number of nitrogens with zero attached hydrogens (tertiary/aromatic N) is 4. The number of fused-ring (bicyclic) bond motifs is 1. The summed E-state index contributed by atoms with van der Waals surface area (Å²) in [6, 6.07) is 0. The van der Waals surface area contributed by atoms with Crippen molar-refractivity contribution in [2.45, 2.75) is 19.4 Å². The number of aryl methyl sites for hydroxylation is 1. The highest BCUT2D eigenvalue weighted by Gasteiger charge is 2.20. The third kappa shape index (κ3) is 2.47. The maximum absolute atomic E-state index is 12.0. The van der Waals surface area contributed by atoms with Gasteiger partial charge >= 0.3 is 0 Å². The number of hydrogen-bond donors (Lipinski definition) is 2. The molecular weight excluding hydrogens is 256 g/mol. The van der Waals surface area contributed by atoms with Gasteiger partial charge in [0, 0.05) is 44.3 Å². The van der Waals surface area contributed by atoms with Crippen molar-refractivity contribution in [2.24, 2.45) is 5.92 Å². The van der Waals surface area contributed by atoms with Gasteiger partial charge in [-0.05, 0) is 12.3 Å².